The predicted molar refractivity (Wildman–Crippen MR) is 112 cm³/mol. The van der Waals surface area contributed by atoms with Crippen LogP contribution in [0.1, 0.15) is 16.0 Å². The molecule has 0 unspecified atom stereocenters. The van der Waals surface area contributed by atoms with Crippen LogP contribution in [0.4, 0.5) is 11.4 Å². The molecule has 1 aromatic heterocycles. The lowest BCUT2D eigenvalue weighted by molar-refractivity contribution is 0.390. The molecule has 3 rings (SSSR count). The molecular weight excluding hydrogens is 350 g/mol. The van der Waals surface area contributed by atoms with Crippen LogP contribution in [0.25, 0.3) is 0 Å². The molecular formula is C19H25N3OS2. The largest absolute Gasteiger partial charge is 0.495 e. The predicted octanol–water partition coefficient (Wildman–Crippen LogP) is 4.20. The van der Waals surface area contributed by atoms with Gasteiger partial charge in [0.1, 0.15) is 5.75 Å². The first kappa shape index (κ1) is 18.0. The molecule has 1 N–H and O–H groups in total. The molecule has 2 heterocycles. The van der Waals surface area contributed by atoms with Crippen LogP contribution in [0.15, 0.2) is 23.6 Å². The number of anilines is 2. The summed E-state index contributed by atoms with van der Waals surface area (Å²) in [6, 6.07) is 6.37. The summed E-state index contributed by atoms with van der Waals surface area (Å²) in [4.78, 5) is 6.07. The van der Waals surface area contributed by atoms with Crippen LogP contribution in [-0.2, 0) is 0 Å². The van der Waals surface area contributed by atoms with Crippen molar-refractivity contribution in [2.45, 2.75) is 20.8 Å². The van der Waals surface area contributed by atoms with Gasteiger partial charge in [0.25, 0.3) is 0 Å². The zero-order chi connectivity index (χ0) is 18.0. The number of nitrogens with zero attached hydrogens (tertiary/aromatic N) is 2. The van der Waals surface area contributed by atoms with Crippen molar-refractivity contribution in [2.24, 2.45) is 0 Å². The molecule has 0 atom stereocenters. The van der Waals surface area contributed by atoms with Gasteiger partial charge in [0.2, 0.25) is 0 Å². The standard InChI is InChI=1S/C19H25N3OS2/c1-13-11-16(18(23-4)12-14(13)2)20-19(24)22-8-6-21(7-9-22)17-5-10-25-15(17)3/h5,10-12H,6-9H2,1-4H3,(H,20,24). The Morgan fingerprint density at radius 1 is 1.12 bits per heavy atom. The van der Waals surface area contributed by atoms with Crippen LogP contribution in [-0.4, -0.2) is 43.3 Å². The van der Waals surface area contributed by atoms with Crippen molar-refractivity contribution in [1.29, 1.82) is 0 Å². The third kappa shape index (κ3) is 3.90. The summed E-state index contributed by atoms with van der Waals surface area (Å²) in [5.74, 6) is 0.831. The first-order valence-electron chi connectivity index (χ1n) is 8.50. The number of hydrogen-bond donors (Lipinski definition) is 1. The second kappa shape index (κ2) is 7.62. The summed E-state index contributed by atoms with van der Waals surface area (Å²) < 4.78 is 5.50. The van der Waals surface area contributed by atoms with Crippen molar-refractivity contribution in [3.63, 3.8) is 0 Å². The molecule has 0 saturated carbocycles. The topological polar surface area (TPSA) is 27.7 Å². The third-order valence-electron chi connectivity index (χ3n) is 4.80. The number of methoxy groups -OCH3 is 1. The lowest BCUT2D eigenvalue weighted by Gasteiger charge is -2.37. The Hall–Kier alpha value is -1.79. The van der Waals surface area contributed by atoms with Crippen LogP contribution in [0.2, 0.25) is 0 Å². The normalized spacial score (nSPS) is 14.6. The van der Waals surface area contributed by atoms with E-state index in [0.29, 0.717) is 0 Å². The van der Waals surface area contributed by atoms with E-state index in [2.05, 4.69) is 59.5 Å². The minimum atomic E-state index is 0.767. The van der Waals surface area contributed by atoms with Gasteiger partial charge in [0, 0.05) is 31.1 Å². The van der Waals surface area contributed by atoms with E-state index in [1.54, 1.807) is 18.4 Å². The molecule has 1 fully saturated rings. The van der Waals surface area contributed by atoms with Gasteiger partial charge >= 0.3 is 0 Å². The van der Waals surface area contributed by atoms with E-state index < -0.39 is 0 Å². The van der Waals surface area contributed by atoms with E-state index in [1.165, 1.54) is 21.7 Å². The number of piperazine rings is 1. The van der Waals surface area contributed by atoms with E-state index in [0.717, 1.165) is 42.7 Å². The highest BCUT2D eigenvalue weighted by molar-refractivity contribution is 7.80. The van der Waals surface area contributed by atoms with Gasteiger partial charge in [-0.25, -0.2) is 0 Å². The van der Waals surface area contributed by atoms with Crippen molar-refractivity contribution < 1.29 is 4.74 Å². The molecule has 4 nitrogen and oxygen atoms in total. The number of thiocarbonyl (C=S) groups is 1. The number of aryl methyl sites for hydroxylation is 3. The maximum absolute atomic E-state index is 5.65. The highest BCUT2D eigenvalue weighted by Crippen LogP contribution is 2.29. The second-order valence-electron chi connectivity index (χ2n) is 6.40. The molecule has 0 spiro atoms. The lowest BCUT2D eigenvalue weighted by atomic mass is 10.1. The molecule has 2 aromatic rings. The molecule has 0 bridgehead atoms. The Balaban J connectivity index is 1.64. The number of ether oxygens (including phenoxy) is 1. The van der Waals surface area contributed by atoms with Crippen LogP contribution < -0.4 is 15.0 Å². The summed E-state index contributed by atoms with van der Waals surface area (Å²) in [7, 11) is 1.69. The van der Waals surface area contributed by atoms with Crippen LogP contribution in [0.5, 0.6) is 5.75 Å². The summed E-state index contributed by atoms with van der Waals surface area (Å²) in [6.45, 7) is 10.2. The number of benzene rings is 1. The fourth-order valence-electron chi connectivity index (χ4n) is 3.11. The van der Waals surface area contributed by atoms with Gasteiger partial charge < -0.3 is 19.9 Å². The summed E-state index contributed by atoms with van der Waals surface area (Å²) >= 11 is 7.45. The molecule has 0 amide bonds. The second-order valence-corrected chi connectivity index (χ2v) is 7.91. The minimum Gasteiger partial charge on any atom is -0.495 e. The molecule has 0 aliphatic carbocycles. The first-order chi connectivity index (χ1) is 12.0. The highest BCUT2D eigenvalue weighted by Gasteiger charge is 2.21. The van der Waals surface area contributed by atoms with Gasteiger partial charge in [-0.1, -0.05) is 0 Å². The van der Waals surface area contributed by atoms with Crippen molar-refractivity contribution in [1.82, 2.24) is 4.90 Å². The fraction of sp³-hybridized carbons (Fsp3) is 0.421. The Kier molecular flexibility index (Phi) is 5.49. The zero-order valence-electron chi connectivity index (χ0n) is 15.3. The maximum Gasteiger partial charge on any atom is 0.173 e. The summed E-state index contributed by atoms with van der Waals surface area (Å²) in [6.07, 6.45) is 0. The van der Waals surface area contributed by atoms with Crippen LogP contribution in [0.3, 0.4) is 0 Å². The minimum absolute atomic E-state index is 0.767. The summed E-state index contributed by atoms with van der Waals surface area (Å²) in [5, 5.41) is 6.30. The van der Waals surface area contributed by atoms with Crippen molar-refractivity contribution in [3.05, 3.63) is 39.6 Å². The van der Waals surface area contributed by atoms with E-state index in [4.69, 9.17) is 17.0 Å². The average Bonchev–Trinajstić information content (AvgIpc) is 3.04. The van der Waals surface area contributed by atoms with Gasteiger partial charge in [-0.05, 0) is 67.7 Å². The number of thiophene rings is 1. The maximum atomic E-state index is 5.65. The van der Waals surface area contributed by atoms with Crippen molar-refractivity contribution in [3.8, 4) is 5.75 Å². The van der Waals surface area contributed by atoms with Crippen molar-refractivity contribution in [2.75, 3.05) is 43.5 Å². The zero-order valence-corrected chi connectivity index (χ0v) is 16.9. The van der Waals surface area contributed by atoms with Gasteiger partial charge in [0.05, 0.1) is 18.5 Å². The number of nitrogens with one attached hydrogen (secondary N) is 1. The number of rotatable bonds is 3. The van der Waals surface area contributed by atoms with Gasteiger partial charge in [-0.3, -0.25) is 0 Å². The fourth-order valence-corrected chi connectivity index (χ4v) is 4.12. The molecule has 0 radical (unpaired) electrons. The highest BCUT2D eigenvalue weighted by atomic mass is 32.1. The monoisotopic (exact) mass is 375 g/mol. The molecule has 1 aliphatic heterocycles. The molecule has 25 heavy (non-hydrogen) atoms. The van der Waals surface area contributed by atoms with Crippen molar-refractivity contribution >= 4 is 40.0 Å². The molecule has 1 aromatic carbocycles. The van der Waals surface area contributed by atoms with Crippen LogP contribution in [0, 0.1) is 20.8 Å². The SMILES string of the molecule is COc1cc(C)c(C)cc1NC(=S)N1CCN(c2ccsc2C)CC1. The first-order valence-corrected chi connectivity index (χ1v) is 9.78. The quantitative estimate of drug-likeness (QED) is 0.812. The molecule has 1 aliphatic rings. The van der Waals surface area contributed by atoms with E-state index >= 15 is 0 Å². The van der Waals surface area contributed by atoms with Gasteiger partial charge in [-0.2, -0.15) is 0 Å². The smallest absolute Gasteiger partial charge is 0.173 e. The van der Waals surface area contributed by atoms with E-state index in [-0.39, 0.29) is 0 Å². The van der Waals surface area contributed by atoms with E-state index in [1.807, 2.05) is 0 Å². The third-order valence-corrected chi connectivity index (χ3v) is 5.99. The number of hydrogen-bond acceptors (Lipinski definition) is 4. The van der Waals surface area contributed by atoms with Gasteiger partial charge in [-0.15, -0.1) is 11.3 Å². The van der Waals surface area contributed by atoms with Crippen LogP contribution >= 0.6 is 23.6 Å². The Labute approximate surface area is 159 Å². The lowest BCUT2D eigenvalue weighted by Crippen LogP contribution is -2.50. The Morgan fingerprint density at radius 2 is 1.80 bits per heavy atom. The Morgan fingerprint density at radius 3 is 2.40 bits per heavy atom. The summed E-state index contributed by atoms with van der Waals surface area (Å²) in [5.41, 5.74) is 4.74. The Bertz CT molecular complexity index is 764. The molecule has 1 saturated heterocycles. The average molecular weight is 376 g/mol. The van der Waals surface area contributed by atoms with Gasteiger partial charge in [0.15, 0.2) is 5.11 Å². The molecule has 6 heteroatoms. The molecule has 134 valence electrons. The van der Waals surface area contributed by atoms with E-state index in [9.17, 15) is 0 Å².